The third-order valence-electron chi connectivity index (χ3n) is 3.15. The number of anilines is 1. The lowest BCUT2D eigenvalue weighted by Crippen LogP contribution is -2.22. The van der Waals surface area contributed by atoms with Crippen LogP contribution in [-0.2, 0) is 0 Å². The summed E-state index contributed by atoms with van der Waals surface area (Å²) < 4.78 is 0. The Morgan fingerprint density at radius 2 is 2.18 bits per heavy atom. The highest BCUT2D eigenvalue weighted by atomic mass is 35.5. The summed E-state index contributed by atoms with van der Waals surface area (Å²) in [5, 5.41) is 12.3. The average Bonchev–Trinajstić information content (AvgIpc) is 2.74. The van der Waals surface area contributed by atoms with E-state index in [0.717, 1.165) is 29.6 Å². The van der Waals surface area contributed by atoms with Gasteiger partial charge in [-0.2, -0.15) is 0 Å². The summed E-state index contributed by atoms with van der Waals surface area (Å²) in [4.78, 5) is 6.49. The average molecular weight is 249 g/mol. The van der Waals surface area contributed by atoms with Crippen LogP contribution in [0, 0.1) is 0 Å². The maximum absolute atomic E-state index is 9.60. The first-order valence-electron chi connectivity index (χ1n) is 5.72. The van der Waals surface area contributed by atoms with Gasteiger partial charge in [-0.25, -0.2) is 4.98 Å². The third kappa shape index (κ3) is 1.96. The number of aromatic nitrogens is 1. The molecule has 0 bridgehead atoms. The highest BCUT2D eigenvalue weighted by molar-refractivity contribution is 6.30. The highest BCUT2D eigenvalue weighted by Gasteiger charge is 2.23. The number of hydrogen-bond acceptors (Lipinski definition) is 3. The van der Waals surface area contributed by atoms with Crippen molar-refractivity contribution in [2.24, 2.45) is 0 Å². The number of nitrogens with zero attached hydrogens (tertiary/aromatic N) is 2. The summed E-state index contributed by atoms with van der Waals surface area (Å²) in [6.45, 7) is 1.47. The van der Waals surface area contributed by atoms with E-state index in [4.69, 9.17) is 11.6 Å². The highest BCUT2D eigenvalue weighted by Crippen LogP contribution is 2.29. The molecule has 0 saturated carbocycles. The summed E-state index contributed by atoms with van der Waals surface area (Å²) in [5.41, 5.74) is 0. The Kier molecular flexibility index (Phi) is 2.65. The Balaban J connectivity index is 2.14. The van der Waals surface area contributed by atoms with Gasteiger partial charge in [0.25, 0.3) is 0 Å². The van der Waals surface area contributed by atoms with Crippen molar-refractivity contribution in [2.45, 2.75) is 12.5 Å². The Morgan fingerprint density at radius 3 is 2.94 bits per heavy atom. The molecule has 0 unspecified atom stereocenters. The van der Waals surface area contributed by atoms with Crippen molar-refractivity contribution < 1.29 is 5.11 Å². The number of β-amino-alcohol motifs (C(OH)–C–C–N with tert-alkyl or cyclic N) is 1. The molecule has 4 heteroatoms. The number of benzene rings is 1. The molecule has 0 aliphatic carbocycles. The normalized spacial score (nSPS) is 20.1. The molecule has 1 saturated heterocycles. The van der Waals surface area contributed by atoms with Gasteiger partial charge in [-0.1, -0.05) is 35.9 Å². The van der Waals surface area contributed by atoms with Gasteiger partial charge < -0.3 is 10.0 Å². The van der Waals surface area contributed by atoms with Crippen molar-refractivity contribution in [3.63, 3.8) is 0 Å². The molecular weight excluding hydrogens is 236 g/mol. The molecule has 1 N–H and O–H groups in total. The van der Waals surface area contributed by atoms with E-state index in [9.17, 15) is 5.11 Å². The Labute approximate surface area is 105 Å². The van der Waals surface area contributed by atoms with Crippen LogP contribution in [0.2, 0.25) is 5.15 Å². The van der Waals surface area contributed by atoms with E-state index in [1.165, 1.54) is 0 Å². The zero-order chi connectivity index (χ0) is 11.8. The monoisotopic (exact) mass is 248 g/mol. The third-order valence-corrected chi connectivity index (χ3v) is 3.35. The largest absolute Gasteiger partial charge is 0.391 e. The summed E-state index contributed by atoms with van der Waals surface area (Å²) in [7, 11) is 0. The van der Waals surface area contributed by atoms with E-state index in [1.54, 1.807) is 0 Å². The SMILES string of the molecule is O[C@@H]1CCN(c2nc(Cl)cc3ccccc23)C1. The van der Waals surface area contributed by atoms with Gasteiger partial charge in [-0.05, 0) is 17.9 Å². The van der Waals surface area contributed by atoms with Crippen molar-refractivity contribution in [3.05, 3.63) is 35.5 Å². The lowest BCUT2D eigenvalue weighted by Gasteiger charge is -2.18. The molecule has 1 fully saturated rings. The molecule has 1 aliphatic rings. The minimum atomic E-state index is -0.255. The van der Waals surface area contributed by atoms with E-state index in [-0.39, 0.29) is 6.10 Å². The number of pyridine rings is 1. The van der Waals surface area contributed by atoms with Crippen LogP contribution >= 0.6 is 11.6 Å². The number of hydrogen-bond donors (Lipinski definition) is 1. The van der Waals surface area contributed by atoms with E-state index in [0.29, 0.717) is 11.7 Å². The van der Waals surface area contributed by atoms with Gasteiger partial charge in [0.05, 0.1) is 6.10 Å². The first-order chi connectivity index (χ1) is 8.24. The van der Waals surface area contributed by atoms with Crippen molar-refractivity contribution in [1.82, 2.24) is 4.98 Å². The van der Waals surface area contributed by atoms with Gasteiger partial charge in [0, 0.05) is 18.5 Å². The summed E-state index contributed by atoms with van der Waals surface area (Å²) >= 11 is 6.04. The molecule has 1 atom stereocenters. The van der Waals surface area contributed by atoms with Crippen LogP contribution in [0.1, 0.15) is 6.42 Å². The van der Waals surface area contributed by atoms with E-state index in [1.807, 2.05) is 30.3 Å². The minimum absolute atomic E-state index is 0.255. The molecule has 2 aromatic rings. The van der Waals surface area contributed by atoms with Crippen LogP contribution in [0.25, 0.3) is 10.8 Å². The Bertz CT molecular complexity index is 558. The van der Waals surface area contributed by atoms with Gasteiger partial charge in [-0.15, -0.1) is 0 Å². The Morgan fingerprint density at radius 1 is 1.35 bits per heavy atom. The summed E-state index contributed by atoms with van der Waals surface area (Å²) in [6, 6.07) is 9.92. The molecule has 0 radical (unpaired) electrons. The second-order valence-corrected chi connectivity index (χ2v) is 4.77. The van der Waals surface area contributed by atoms with Crippen molar-refractivity contribution in [3.8, 4) is 0 Å². The van der Waals surface area contributed by atoms with Crippen LogP contribution in [0.3, 0.4) is 0 Å². The number of halogens is 1. The van der Waals surface area contributed by atoms with E-state index >= 15 is 0 Å². The van der Waals surface area contributed by atoms with Gasteiger partial charge in [0.1, 0.15) is 11.0 Å². The van der Waals surface area contributed by atoms with Crippen LogP contribution < -0.4 is 4.90 Å². The standard InChI is InChI=1S/C13H13ClN2O/c14-12-7-9-3-1-2-4-11(9)13(15-12)16-6-5-10(17)8-16/h1-4,7,10,17H,5-6,8H2/t10-/m1/s1. The molecule has 88 valence electrons. The van der Waals surface area contributed by atoms with Gasteiger partial charge >= 0.3 is 0 Å². The van der Waals surface area contributed by atoms with Crippen LogP contribution in [0.4, 0.5) is 5.82 Å². The fourth-order valence-corrected chi connectivity index (χ4v) is 2.52. The van der Waals surface area contributed by atoms with Crippen molar-refractivity contribution in [1.29, 1.82) is 0 Å². The second kappa shape index (κ2) is 4.17. The van der Waals surface area contributed by atoms with Gasteiger partial charge in [-0.3, -0.25) is 0 Å². The summed E-state index contributed by atoms with van der Waals surface area (Å²) in [5.74, 6) is 0.879. The smallest absolute Gasteiger partial charge is 0.138 e. The minimum Gasteiger partial charge on any atom is -0.391 e. The fourth-order valence-electron chi connectivity index (χ4n) is 2.32. The predicted octanol–water partition coefficient (Wildman–Crippen LogP) is 2.46. The first kappa shape index (κ1) is 10.8. The van der Waals surface area contributed by atoms with Crippen LogP contribution in [-0.4, -0.2) is 29.3 Å². The molecule has 0 amide bonds. The molecule has 1 aliphatic heterocycles. The molecule has 1 aromatic carbocycles. The molecule has 3 nitrogen and oxygen atoms in total. The molecule has 1 aromatic heterocycles. The van der Waals surface area contributed by atoms with Gasteiger partial charge in [0.2, 0.25) is 0 Å². The predicted molar refractivity (Wildman–Crippen MR) is 69.6 cm³/mol. The van der Waals surface area contributed by atoms with E-state index in [2.05, 4.69) is 9.88 Å². The topological polar surface area (TPSA) is 36.4 Å². The zero-order valence-corrected chi connectivity index (χ0v) is 10.1. The number of rotatable bonds is 1. The number of fused-ring (bicyclic) bond motifs is 1. The molecule has 2 heterocycles. The quantitative estimate of drug-likeness (QED) is 0.788. The second-order valence-electron chi connectivity index (χ2n) is 4.38. The maximum Gasteiger partial charge on any atom is 0.138 e. The zero-order valence-electron chi connectivity index (χ0n) is 9.31. The van der Waals surface area contributed by atoms with Crippen molar-refractivity contribution in [2.75, 3.05) is 18.0 Å². The van der Waals surface area contributed by atoms with E-state index < -0.39 is 0 Å². The molecular formula is C13H13ClN2O. The van der Waals surface area contributed by atoms with Crippen LogP contribution in [0.5, 0.6) is 0 Å². The number of aliphatic hydroxyl groups excluding tert-OH is 1. The lowest BCUT2D eigenvalue weighted by atomic mass is 10.1. The number of aliphatic hydroxyl groups is 1. The van der Waals surface area contributed by atoms with Gasteiger partial charge in [0.15, 0.2) is 0 Å². The van der Waals surface area contributed by atoms with Crippen LogP contribution in [0.15, 0.2) is 30.3 Å². The first-order valence-corrected chi connectivity index (χ1v) is 6.10. The molecule has 17 heavy (non-hydrogen) atoms. The Hall–Kier alpha value is -1.32. The maximum atomic E-state index is 9.60. The van der Waals surface area contributed by atoms with Crippen molar-refractivity contribution >= 4 is 28.2 Å². The molecule has 3 rings (SSSR count). The summed E-state index contributed by atoms with van der Waals surface area (Å²) in [6.07, 6.45) is 0.539. The molecule has 0 spiro atoms. The fraction of sp³-hybridized carbons (Fsp3) is 0.308. The lowest BCUT2D eigenvalue weighted by molar-refractivity contribution is 0.198.